The summed E-state index contributed by atoms with van der Waals surface area (Å²) in [6, 6.07) is 34.2. The average molecular weight is 463 g/mol. The summed E-state index contributed by atoms with van der Waals surface area (Å²) in [5.74, 6) is 0. The van der Waals surface area contributed by atoms with E-state index < -0.39 is 6.10 Å². The Balaban J connectivity index is 1.59. The Morgan fingerprint density at radius 3 is 2.09 bits per heavy atom. The zero-order chi connectivity index (χ0) is 23.6. The van der Waals surface area contributed by atoms with Gasteiger partial charge in [-0.2, -0.15) is 0 Å². The Hall–Kier alpha value is -3.44. The molecule has 0 unspecified atom stereocenters. The van der Waals surface area contributed by atoms with E-state index in [0.717, 1.165) is 37.6 Å². The fraction of sp³-hybridized carbons (Fsp3) is 0.226. The van der Waals surface area contributed by atoms with Gasteiger partial charge in [0.2, 0.25) is 0 Å². The minimum Gasteiger partial charge on any atom is -0.390 e. The molecule has 0 aliphatic carbocycles. The summed E-state index contributed by atoms with van der Waals surface area (Å²) >= 11 is 0. The molecule has 0 saturated carbocycles. The number of morpholine rings is 1. The summed E-state index contributed by atoms with van der Waals surface area (Å²) in [6.45, 7) is 4.37. The van der Waals surface area contributed by atoms with Gasteiger partial charge in [-0.1, -0.05) is 97.1 Å². The molecule has 5 aromatic rings. The van der Waals surface area contributed by atoms with Gasteiger partial charge in [0.1, 0.15) is 0 Å². The zero-order valence-electron chi connectivity index (χ0n) is 19.8. The zero-order valence-corrected chi connectivity index (χ0v) is 19.8. The highest BCUT2D eigenvalue weighted by atomic mass is 16.5. The number of aliphatic hydroxyl groups excluding tert-OH is 1. The summed E-state index contributed by atoms with van der Waals surface area (Å²) < 4.78 is 7.87. The molecule has 1 aliphatic rings. The molecule has 2 heterocycles. The Morgan fingerprint density at radius 1 is 0.686 bits per heavy atom. The largest absolute Gasteiger partial charge is 0.390 e. The third kappa shape index (κ3) is 4.25. The Morgan fingerprint density at radius 2 is 1.34 bits per heavy atom. The normalized spacial score (nSPS) is 15.6. The van der Waals surface area contributed by atoms with Gasteiger partial charge in [-0.25, -0.2) is 0 Å². The van der Waals surface area contributed by atoms with E-state index in [-0.39, 0.29) is 0 Å². The van der Waals surface area contributed by atoms with Gasteiger partial charge in [-0.3, -0.25) is 4.90 Å². The maximum Gasteiger partial charge on any atom is 0.0846 e. The highest BCUT2D eigenvalue weighted by molar-refractivity contribution is 6.15. The molecule has 1 aliphatic heterocycles. The summed E-state index contributed by atoms with van der Waals surface area (Å²) in [5, 5.41) is 15.0. The SMILES string of the molecule is O[C@H](CN1CCOCC1)Cn1c(-c2ccccc2)c(-c2ccccc2)c2ccc3ccccc3c21. The first kappa shape index (κ1) is 22.1. The van der Waals surface area contributed by atoms with Gasteiger partial charge in [-0.15, -0.1) is 0 Å². The van der Waals surface area contributed by atoms with Crippen molar-refractivity contribution < 1.29 is 9.84 Å². The topological polar surface area (TPSA) is 37.6 Å². The monoisotopic (exact) mass is 462 g/mol. The average Bonchev–Trinajstić information content (AvgIpc) is 3.24. The summed E-state index contributed by atoms with van der Waals surface area (Å²) in [5.41, 5.74) is 5.90. The van der Waals surface area contributed by atoms with Crippen LogP contribution >= 0.6 is 0 Å². The Labute approximate surface area is 206 Å². The number of nitrogens with zero attached hydrogens (tertiary/aromatic N) is 2. The quantitative estimate of drug-likeness (QED) is 0.345. The second kappa shape index (κ2) is 9.67. The number of fused-ring (bicyclic) bond motifs is 3. The lowest BCUT2D eigenvalue weighted by atomic mass is 9.97. The van der Waals surface area contributed by atoms with Gasteiger partial charge < -0.3 is 14.4 Å². The van der Waals surface area contributed by atoms with E-state index in [4.69, 9.17) is 4.74 Å². The predicted octanol–water partition coefficient (Wildman–Crippen LogP) is 5.82. The van der Waals surface area contributed by atoms with Crippen LogP contribution in [0.1, 0.15) is 0 Å². The molecule has 0 radical (unpaired) electrons. The van der Waals surface area contributed by atoms with E-state index in [0.29, 0.717) is 13.1 Å². The molecule has 1 N–H and O–H groups in total. The molecule has 4 aromatic carbocycles. The van der Waals surface area contributed by atoms with Crippen molar-refractivity contribution in [3.8, 4) is 22.4 Å². The number of aliphatic hydroxyl groups is 1. The lowest BCUT2D eigenvalue weighted by Crippen LogP contribution is -2.42. The van der Waals surface area contributed by atoms with Crippen molar-refractivity contribution in [2.75, 3.05) is 32.8 Å². The number of benzene rings is 4. The first-order chi connectivity index (χ1) is 17.3. The number of hydrogen-bond donors (Lipinski definition) is 1. The van der Waals surface area contributed by atoms with E-state index in [9.17, 15) is 5.11 Å². The molecule has 4 nitrogen and oxygen atoms in total. The Kier molecular flexibility index (Phi) is 6.09. The molecule has 1 saturated heterocycles. The molecule has 176 valence electrons. The number of rotatable bonds is 6. The highest BCUT2D eigenvalue weighted by Crippen LogP contribution is 2.43. The number of β-amino-alcohol motifs (C(OH)–C–C–N with tert-alkyl or cyclic N) is 1. The molecule has 4 heteroatoms. The molecule has 35 heavy (non-hydrogen) atoms. The summed E-state index contributed by atoms with van der Waals surface area (Å²) in [6.07, 6.45) is -0.492. The van der Waals surface area contributed by atoms with Crippen molar-refractivity contribution in [3.05, 3.63) is 97.1 Å². The molecule has 1 aromatic heterocycles. The van der Waals surface area contributed by atoms with Crippen LogP contribution in [-0.2, 0) is 11.3 Å². The van der Waals surface area contributed by atoms with Crippen LogP contribution in [-0.4, -0.2) is 53.5 Å². The summed E-state index contributed by atoms with van der Waals surface area (Å²) in [7, 11) is 0. The minimum atomic E-state index is -0.492. The van der Waals surface area contributed by atoms with Crippen LogP contribution in [0.15, 0.2) is 97.1 Å². The van der Waals surface area contributed by atoms with Crippen molar-refractivity contribution >= 4 is 21.7 Å². The second-order valence-corrected chi connectivity index (χ2v) is 9.32. The van der Waals surface area contributed by atoms with Crippen molar-refractivity contribution in [2.45, 2.75) is 12.6 Å². The smallest absolute Gasteiger partial charge is 0.0846 e. The molecule has 6 rings (SSSR count). The molecule has 0 spiro atoms. The van der Waals surface area contributed by atoms with Crippen LogP contribution in [0.25, 0.3) is 44.1 Å². The molecule has 1 fully saturated rings. The van der Waals surface area contributed by atoms with E-state index in [1.165, 1.54) is 32.8 Å². The fourth-order valence-electron chi connectivity index (χ4n) is 5.45. The van der Waals surface area contributed by atoms with Crippen LogP contribution in [0.4, 0.5) is 0 Å². The Bertz CT molecular complexity index is 1440. The lowest BCUT2D eigenvalue weighted by molar-refractivity contribution is 0.0118. The van der Waals surface area contributed by atoms with E-state index in [2.05, 4.69) is 107 Å². The highest BCUT2D eigenvalue weighted by Gasteiger charge is 2.24. The van der Waals surface area contributed by atoms with E-state index in [1.54, 1.807) is 0 Å². The standard InChI is InChI=1S/C31H30N2O2/c34-26(21-32-17-19-35-20-18-32)22-33-30(25-12-5-2-6-13-25)29(24-10-3-1-4-11-24)28-16-15-23-9-7-8-14-27(23)31(28)33/h1-16,26,34H,17-22H2/t26-/m1/s1. The predicted molar refractivity (Wildman–Crippen MR) is 144 cm³/mol. The third-order valence-electron chi connectivity index (χ3n) is 7.02. The number of hydrogen-bond acceptors (Lipinski definition) is 3. The minimum absolute atomic E-state index is 0.492. The van der Waals surface area contributed by atoms with Crippen molar-refractivity contribution in [2.24, 2.45) is 0 Å². The second-order valence-electron chi connectivity index (χ2n) is 9.32. The third-order valence-corrected chi connectivity index (χ3v) is 7.02. The summed E-state index contributed by atoms with van der Waals surface area (Å²) in [4.78, 5) is 2.30. The van der Waals surface area contributed by atoms with E-state index in [1.807, 2.05) is 0 Å². The first-order valence-electron chi connectivity index (χ1n) is 12.4. The first-order valence-corrected chi connectivity index (χ1v) is 12.4. The van der Waals surface area contributed by atoms with Gasteiger partial charge in [0.25, 0.3) is 0 Å². The molecule has 0 bridgehead atoms. The maximum atomic E-state index is 11.3. The van der Waals surface area contributed by atoms with Crippen molar-refractivity contribution in [1.82, 2.24) is 9.47 Å². The van der Waals surface area contributed by atoms with Crippen LogP contribution in [0.5, 0.6) is 0 Å². The van der Waals surface area contributed by atoms with Crippen molar-refractivity contribution in [1.29, 1.82) is 0 Å². The van der Waals surface area contributed by atoms with Gasteiger partial charge in [0.15, 0.2) is 0 Å². The van der Waals surface area contributed by atoms with Gasteiger partial charge in [-0.05, 0) is 16.5 Å². The molecule has 1 atom stereocenters. The van der Waals surface area contributed by atoms with E-state index >= 15 is 0 Å². The number of ether oxygens (including phenoxy) is 1. The molecular formula is C31H30N2O2. The van der Waals surface area contributed by atoms with Gasteiger partial charge in [0, 0.05) is 36.0 Å². The fourth-order valence-corrected chi connectivity index (χ4v) is 5.45. The molecule has 0 amide bonds. The van der Waals surface area contributed by atoms with Crippen LogP contribution in [0.2, 0.25) is 0 Å². The molecular weight excluding hydrogens is 432 g/mol. The van der Waals surface area contributed by atoms with Crippen molar-refractivity contribution in [3.63, 3.8) is 0 Å². The van der Waals surface area contributed by atoms with Gasteiger partial charge >= 0.3 is 0 Å². The van der Waals surface area contributed by atoms with Crippen LogP contribution in [0.3, 0.4) is 0 Å². The van der Waals surface area contributed by atoms with Crippen LogP contribution < -0.4 is 0 Å². The maximum absolute atomic E-state index is 11.3. The lowest BCUT2D eigenvalue weighted by Gasteiger charge is -2.29. The van der Waals surface area contributed by atoms with Gasteiger partial charge in [0.05, 0.1) is 37.1 Å². The number of aromatic nitrogens is 1. The van der Waals surface area contributed by atoms with Crippen LogP contribution in [0, 0.1) is 0 Å².